The number of methoxy groups -OCH3 is 1. The second-order valence-electron chi connectivity index (χ2n) is 6.92. The molecule has 0 spiro atoms. The average Bonchev–Trinajstić information content (AvgIpc) is 2.80. The number of nitrogens with two attached hydrogens (primary N) is 1. The van der Waals surface area contributed by atoms with Gasteiger partial charge in [0.1, 0.15) is 22.8 Å². The second kappa shape index (κ2) is 11.5. The molecule has 9 nitrogen and oxygen atoms in total. The minimum Gasteiger partial charge on any atom is -0.506 e. The van der Waals surface area contributed by atoms with Crippen LogP contribution in [0, 0.1) is 18.3 Å². The summed E-state index contributed by atoms with van der Waals surface area (Å²) in [7, 11) is 1.34. The topological polar surface area (TPSA) is 134 Å². The van der Waals surface area contributed by atoms with E-state index in [-0.39, 0.29) is 40.6 Å². The van der Waals surface area contributed by atoms with Gasteiger partial charge in [0.15, 0.2) is 5.88 Å². The maximum absolute atomic E-state index is 13.7. The molecule has 0 radical (unpaired) electrons. The summed E-state index contributed by atoms with van der Waals surface area (Å²) in [5.41, 5.74) is 4.53. The maximum atomic E-state index is 13.7. The molecule has 0 fully saturated rings. The molecule has 35 heavy (non-hydrogen) atoms. The van der Waals surface area contributed by atoms with Gasteiger partial charge in [-0.3, -0.25) is 4.79 Å². The Hall–Kier alpha value is -4.66. The van der Waals surface area contributed by atoms with E-state index in [1.54, 1.807) is 13.0 Å². The fraction of sp³-hybridized carbons (Fsp3) is 0.174. The van der Waals surface area contributed by atoms with Gasteiger partial charge in [-0.05, 0) is 31.2 Å². The fourth-order valence-electron chi connectivity index (χ4n) is 2.61. The standard InChI is InChI=1S/C23H23F3N6O3/c1-5-13(3)10-14(11-18(27)35-4)29-22-28-12-15(23(24,25)26)21(32-22)30-16-8-7-9-17(33)20(16)31-19(34)6-2/h1,6-13,33H,2,27H2,3-4H3,(H,31,34)(H2,28,29,30,32)/b14-10+,18-11+. The van der Waals surface area contributed by atoms with Crippen LogP contribution in [0.5, 0.6) is 5.75 Å². The average molecular weight is 488 g/mol. The van der Waals surface area contributed by atoms with E-state index in [2.05, 4.69) is 38.4 Å². The number of hydrogen-bond donors (Lipinski definition) is 5. The zero-order chi connectivity index (χ0) is 26.2. The molecule has 1 atom stereocenters. The summed E-state index contributed by atoms with van der Waals surface area (Å²) in [5.74, 6) is 0.164. The molecule has 2 rings (SSSR count). The van der Waals surface area contributed by atoms with E-state index in [9.17, 15) is 23.1 Å². The molecule has 184 valence electrons. The van der Waals surface area contributed by atoms with Crippen LogP contribution in [0.1, 0.15) is 12.5 Å². The van der Waals surface area contributed by atoms with Crippen molar-refractivity contribution in [2.24, 2.45) is 11.7 Å². The number of rotatable bonds is 9. The molecule has 1 amide bonds. The molecule has 1 heterocycles. The first-order valence-corrected chi connectivity index (χ1v) is 9.91. The first-order valence-electron chi connectivity index (χ1n) is 9.91. The zero-order valence-corrected chi connectivity index (χ0v) is 18.8. The highest BCUT2D eigenvalue weighted by molar-refractivity contribution is 6.02. The number of nitrogens with zero attached hydrogens (tertiary/aromatic N) is 2. The SMILES string of the molecule is C#CC(C)/C=C(\C=C(/N)OC)Nc1ncc(C(F)(F)F)c(Nc2cccc(O)c2NC(=O)C=C)n1. The quantitative estimate of drug-likeness (QED) is 0.117. The number of phenols is 1. The maximum Gasteiger partial charge on any atom is 0.421 e. The van der Waals surface area contributed by atoms with E-state index < -0.39 is 23.5 Å². The Morgan fingerprint density at radius 1 is 1.37 bits per heavy atom. The number of phenolic OH excluding ortho intramolecular Hbond substituents is 1. The van der Waals surface area contributed by atoms with Crippen molar-refractivity contribution in [1.82, 2.24) is 9.97 Å². The molecule has 0 bridgehead atoms. The molecule has 6 N–H and O–H groups in total. The molecule has 12 heteroatoms. The molecule has 0 saturated heterocycles. The molecule has 0 aliphatic rings. The van der Waals surface area contributed by atoms with Crippen LogP contribution in [-0.4, -0.2) is 28.1 Å². The largest absolute Gasteiger partial charge is 0.506 e. The molecule has 2 aromatic rings. The van der Waals surface area contributed by atoms with Crippen LogP contribution < -0.4 is 21.7 Å². The van der Waals surface area contributed by atoms with Crippen molar-refractivity contribution in [3.8, 4) is 18.1 Å². The van der Waals surface area contributed by atoms with Crippen LogP contribution in [0.2, 0.25) is 0 Å². The van der Waals surface area contributed by atoms with Crippen molar-refractivity contribution < 1.29 is 27.8 Å². The van der Waals surface area contributed by atoms with E-state index in [0.29, 0.717) is 6.20 Å². The van der Waals surface area contributed by atoms with Crippen LogP contribution in [0.25, 0.3) is 0 Å². The molecule has 1 unspecified atom stereocenters. The van der Waals surface area contributed by atoms with Gasteiger partial charge in [0.2, 0.25) is 11.9 Å². The van der Waals surface area contributed by atoms with Crippen LogP contribution in [0.3, 0.4) is 0 Å². The van der Waals surface area contributed by atoms with Crippen LogP contribution in [0.15, 0.2) is 60.8 Å². The number of allylic oxidation sites excluding steroid dienone is 2. The van der Waals surface area contributed by atoms with Crippen molar-refractivity contribution in [2.45, 2.75) is 13.1 Å². The van der Waals surface area contributed by atoms with E-state index in [1.807, 2.05) is 0 Å². The lowest BCUT2D eigenvalue weighted by atomic mass is 10.1. The smallest absolute Gasteiger partial charge is 0.421 e. The van der Waals surface area contributed by atoms with Crippen molar-refractivity contribution in [2.75, 3.05) is 23.1 Å². The third-order valence-corrected chi connectivity index (χ3v) is 4.31. The van der Waals surface area contributed by atoms with E-state index in [1.165, 1.54) is 31.4 Å². The Morgan fingerprint density at radius 3 is 2.69 bits per heavy atom. The monoisotopic (exact) mass is 488 g/mol. The molecular formula is C23H23F3N6O3. The van der Waals surface area contributed by atoms with E-state index in [0.717, 1.165) is 6.08 Å². The highest BCUT2D eigenvalue weighted by Gasteiger charge is 2.35. The van der Waals surface area contributed by atoms with Crippen molar-refractivity contribution in [1.29, 1.82) is 0 Å². The number of amides is 1. The summed E-state index contributed by atoms with van der Waals surface area (Å²) >= 11 is 0. The van der Waals surface area contributed by atoms with Crippen LogP contribution in [-0.2, 0) is 15.7 Å². The number of benzene rings is 1. The molecule has 0 aliphatic heterocycles. The predicted octanol–water partition coefficient (Wildman–Crippen LogP) is 4.08. The van der Waals surface area contributed by atoms with Gasteiger partial charge in [0.05, 0.1) is 12.8 Å². The summed E-state index contributed by atoms with van der Waals surface area (Å²) in [5, 5.41) is 17.7. The molecule has 0 saturated carbocycles. The van der Waals surface area contributed by atoms with Crippen molar-refractivity contribution >= 4 is 29.0 Å². The number of para-hydroxylation sites is 1. The normalized spacial score (nSPS) is 12.8. The van der Waals surface area contributed by atoms with E-state index in [4.69, 9.17) is 16.9 Å². The van der Waals surface area contributed by atoms with Gasteiger partial charge < -0.3 is 31.5 Å². The van der Waals surface area contributed by atoms with Gasteiger partial charge in [-0.1, -0.05) is 18.6 Å². The molecule has 1 aromatic heterocycles. The number of ether oxygens (including phenoxy) is 1. The first kappa shape index (κ1) is 26.6. The summed E-state index contributed by atoms with van der Waals surface area (Å²) in [6, 6.07) is 3.96. The lowest BCUT2D eigenvalue weighted by Gasteiger charge is -2.18. The number of terminal acetylenes is 1. The first-order chi connectivity index (χ1) is 16.5. The number of aromatic hydroxyl groups is 1. The molecule has 1 aromatic carbocycles. The molecular weight excluding hydrogens is 465 g/mol. The van der Waals surface area contributed by atoms with Crippen LogP contribution >= 0.6 is 0 Å². The number of nitrogens with one attached hydrogen (secondary N) is 3. The number of halogens is 3. The number of hydrogen-bond acceptors (Lipinski definition) is 8. The second-order valence-corrected chi connectivity index (χ2v) is 6.92. The fourth-order valence-corrected chi connectivity index (χ4v) is 2.61. The zero-order valence-electron chi connectivity index (χ0n) is 18.8. The lowest BCUT2D eigenvalue weighted by molar-refractivity contribution is -0.137. The third-order valence-electron chi connectivity index (χ3n) is 4.31. The Kier molecular flexibility index (Phi) is 8.71. The minimum absolute atomic E-state index is 0.000550. The summed E-state index contributed by atoms with van der Waals surface area (Å²) < 4.78 is 45.9. The molecule has 0 aliphatic carbocycles. The lowest BCUT2D eigenvalue weighted by Crippen LogP contribution is -2.15. The van der Waals surface area contributed by atoms with Gasteiger partial charge in [0.25, 0.3) is 0 Å². The van der Waals surface area contributed by atoms with Gasteiger partial charge >= 0.3 is 6.18 Å². The Balaban J connectivity index is 2.56. The number of alkyl halides is 3. The summed E-state index contributed by atoms with van der Waals surface area (Å²) in [6.45, 7) is 5.02. The van der Waals surface area contributed by atoms with Gasteiger partial charge in [-0.25, -0.2) is 4.98 Å². The number of aromatic nitrogens is 2. The van der Waals surface area contributed by atoms with Gasteiger partial charge in [-0.2, -0.15) is 18.2 Å². The number of anilines is 4. The minimum atomic E-state index is -4.82. The number of carbonyl (C=O) groups is 1. The van der Waals surface area contributed by atoms with Gasteiger partial charge in [-0.15, -0.1) is 6.42 Å². The number of carbonyl (C=O) groups excluding carboxylic acids is 1. The van der Waals surface area contributed by atoms with Crippen molar-refractivity contribution in [3.63, 3.8) is 0 Å². The highest BCUT2D eigenvalue weighted by atomic mass is 19.4. The summed E-state index contributed by atoms with van der Waals surface area (Å²) in [4.78, 5) is 19.4. The highest BCUT2D eigenvalue weighted by Crippen LogP contribution is 2.38. The van der Waals surface area contributed by atoms with Gasteiger partial charge in [0, 0.05) is 23.9 Å². The Labute approximate surface area is 199 Å². The Bertz CT molecular complexity index is 1200. The summed E-state index contributed by atoms with van der Waals surface area (Å²) in [6.07, 6.45) is 5.02. The van der Waals surface area contributed by atoms with E-state index >= 15 is 0 Å². The predicted molar refractivity (Wildman–Crippen MR) is 126 cm³/mol. The third kappa shape index (κ3) is 7.43. The van der Waals surface area contributed by atoms with Crippen molar-refractivity contribution in [3.05, 3.63) is 66.3 Å². The van der Waals surface area contributed by atoms with Crippen LogP contribution in [0.4, 0.5) is 36.3 Å². The Morgan fingerprint density at radius 2 is 2.09 bits per heavy atom.